The van der Waals surface area contributed by atoms with Crippen molar-refractivity contribution >= 4 is 21.6 Å². The summed E-state index contributed by atoms with van der Waals surface area (Å²) in [5.41, 5.74) is 1.12. The number of piperidine rings is 1. The van der Waals surface area contributed by atoms with Gasteiger partial charge in [-0.05, 0) is 43.5 Å². The van der Waals surface area contributed by atoms with Crippen LogP contribution in [0.25, 0.3) is 0 Å². The van der Waals surface area contributed by atoms with E-state index in [0.29, 0.717) is 24.2 Å². The van der Waals surface area contributed by atoms with E-state index in [0.717, 1.165) is 19.3 Å². The van der Waals surface area contributed by atoms with Crippen LogP contribution >= 0.6 is 0 Å². The van der Waals surface area contributed by atoms with Crippen molar-refractivity contribution in [3.8, 4) is 0 Å². The van der Waals surface area contributed by atoms with Gasteiger partial charge in [-0.25, -0.2) is 8.42 Å². The van der Waals surface area contributed by atoms with Crippen LogP contribution in [0.2, 0.25) is 0 Å². The molecule has 1 amide bonds. The summed E-state index contributed by atoms with van der Waals surface area (Å²) in [5.74, 6) is -0.423. The van der Waals surface area contributed by atoms with Gasteiger partial charge in [0.05, 0.1) is 9.82 Å². The fourth-order valence-corrected chi connectivity index (χ4v) is 5.16. The maximum absolute atomic E-state index is 13.0. The van der Waals surface area contributed by atoms with Gasteiger partial charge in [-0.15, -0.1) is 0 Å². The molecule has 0 saturated carbocycles. The third kappa shape index (κ3) is 4.63. The second-order valence-electron chi connectivity index (χ2n) is 7.01. The topological polar surface area (TPSA) is 110 Å². The van der Waals surface area contributed by atoms with E-state index in [1.807, 2.05) is 0 Å². The molecular formula is C20H23N3O5S. The molecule has 1 saturated heterocycles. The van der Waals surface area contributed by atoms with Gasteiger partial charge in [0, 0.05) is 36.8 Å². The van der Waals surface area contributed by atoms with Crippen LogP contribution in [0.3, 0.4) is 0 Å². The highest BCUT2D eigenvalue weighted by atomic mass is 32.2. The first-order valence-electron chi connectivity index (χ1n) is 9.42. The third-order valence-electron chi connectivity index (χ3n) is 5.00. The van der Waals surface area contributed by atoms with Gasteiger partial charge in [-0.2, -0.15) is 4.31 Å². The smallest absolute Gasteiger partial charge is 0.272 e. The highest BCUT2D eigenvalue weighted by molar-refractivity contribution is 7.89. The molecule has 0 radical (unpaired) electrons. The Balaban J connectivity index is 1.77. The molecule has 2 aromatic carbocycles. The summed E-state index contributed by atoms with van der Waals surface area (Å²) in [5, 5.41) is 13.6. The van der Waals surface area contributed by atoms with E-state index in [1.165, 1.54) is 22.5 Å². The Kier molecular flexibility index (Phi) is 6.29. The van der Waals surface area contributed by atoms with E-state index in [9.17, 15) is 23.3 Å². The van der Waals surface area contributed by atoms with Crippen molar-refractivity contribution in [2.75, 3.05) is 13.1 Å². The molecule has 0 bridgehead atoms. The number of hydrogen-bond donors (Lipinski definition) is 1. The average Bonchev–Trinajstić information content (AvgIpc) is 2.72. The van der Waals surface area contributed by atoms with Crippen molar-refractivity contribution in [2.24, 2.45) is 0 Å². The molecule has 0 aliphatic carbocycles. The van der Waals surface area contributed by atoms with Crippen LogP contribution in [-0.4, -0.2) is 36.6 Å². The minimum absolute atomic E-state index is 0.0398. The number of sulfonamides is 1. The Labute approximate surface area is 169 Å². The summed E-state index contributed by atoms with van der Waals surface area (Å²) < 4.78 is 27.5. The second-order valence-corrected chi connectivity index (χ2v) is 8.92. The Morgan fingerprint density at radius 3 is 2.48 bits per heavy atom. The lowest BCUT2D eigenvalue weighted by Crippen LogP contribution is -2.36. The van der Waals surface area contributed by atoms with Crippen LogP contribution in [0.15, 0.2) is 47.4 Å². The molecule has 0 atom stereocenters. The number of nitrogens with zero attached hydrogens (tertiary/aromatic N) is 2. The van der Waals surface area contributed by atoms with Gasteiger partial charge in [0.1, 0.15) is 0 Å². The van der Waals surface area contributed by atoms with Crippen molar-refractivity contribution in [3.05, 3.63) is 69.3 Å². The number of aryl methyl sites for hydroxylation is 1. The minimum Gasteiger partial charge on any atom is -0.348 e. The van der Waals surface area contributed by atoms with Gasteiger partial charge in [-0.3, -0.25) is 14.9 Å². The summed E-state index contributed by atoms with van der Waals surface area (Å²) in [6.45, 7) is 2.61. The molecule has 29 heavy (non-hydrogen) atoms. The van der Waals surface area contributed by atoms with Gasteiger partial charge in [-0.1, -0.05) is 24.6 Å². The zero-order chi connectivity index (χ0) is 21.0. The number of nitro benzene ring substituents is 1. The molecule has 1 aliphatic heterocycles. The van der Waals surface area contributed by atoms with Gasteiger partial charge in [0.2, 0.25) is 10.0 Å². The molecule has 9 heteroatoms. The molecule has 154 valence electrons. The van der Waals surface area contributed by atoms with Gasteiger partial charge in [0.15, 0.2) is 0 Å². The molecule has 1 aliphatic rings. The zero-order valence-corrected chi connectivity index (χ0v) is 16.9. The third-order valence-corrected chi connectivity index (χ3v) is 7.00. The number of nitrogens with one attached hydrogen (secondary N) is 1. The first-order valence-corrected chi connectivity index (χ1v) is 10.9. The molecule has 3 rings (SSSR count). The molecular weight excluding hydrogens is 394 g/mol. The molecule has 0 unspecified atom stereocenters. The molecule has 0 spiro atoms. The molecule has 2 aromatic rings. The SMILES string of the molecule is Cc1cc(C(=O)NCc2ccccc2S(=O)(=O)N2CCCCC2)ccc1[N+](=O)[O-]. The number of hydrogen-bond acceptors (Lipinski definition) is 5. The lowest BCUT2D eigenvalue weighted by atomic mass is 10.1. The van der Waals surface area contributed by atoms with Crippen LogP contribution < -0.4 is 5.32 Å². The number of carbonyl (C=O) groups is 1. The largest absolute Gasteiger partial charge is 0.348 e. The maximum atomic E-state index is 13.0. The highest BCUT2D eigenvalue weighted by Gasteiger charge is 2.28. The van der Waals surface area contributed by atoms with E-state index in [2.05, 4.69) is 5.32 Å². The fourth-order valence-electron chi connectivity index (χ4n) is 3.42. The van der Waals surface area contributed by atoms with Crippen molar-refractivity contribution in [2.45, 2.75) is 37.6 Å². The molecule has 0 aromatic heterocycles. The lowest BCUT2D eigenvalue weighted by molar-refractivity contribution is -0.385. The predicted octanol–water partition coefficient (Wildman–Crippen LogP) is 3.01. The minimum atomic E-state index is -3.62. The summed E-state index contributed by atoms with van der Waals surface area (Å²) in [6, 6.07) is 10.8. The van der Waals surface area contributed by atoms with Crippen LogP contribution in [-0.2, 0) is 16.6 Å². The van der Waals surface area contributed by atoms with Crippen LogP contribution in [0.5, 0.6) is 0 Å². The van der Waals surface area contributed by atoms with Crippen LogP contribution in [0, 0.1) is 17.0 Å². The first kappa shape index (κ1) is 20.9. The number of benzene rings is 2. The maximum Gasteiger partial charge on any atom is 0.272 e. The summed E-state index contributed by atoms with van der Waals surface area (Å²) in [6.07, 6.45) is 2.72. The molecule has 8 nitrogen and oxygen atoms in total. The Morgan fingerprint density at radius 2 is 1.83 bits per heavy atom. The van der Waals surface area contributed by atoms with Gasteiger partial charge >= 0.3 is 0 Å². The summed E-state index contributed by atoms with van der Waals surface area (Å²) in [4.78, 5) is 23.1. The van der Waals surface area contributed by atoms with Gasteiger partial charge in [0.25, 0.3) is 11.6 Å². The summed E-state index contributed by atoms with van der Waals surface area (Å²) >= 11 is 0. The van der Waals surface area contributed by atoms with Crippen LogP contribution in [0.1, 0.15) is 40.7 Å². The Hall–Kier alpha value is -2.78. The van der Waals surface area contributed by atoms with Crippen molar-refractivity contribution in [3.63, 3.8) is 0 Å². The first-order chi connectivity index (χ1) is 13.8. The zero-order valence-electron chi connectivity index (χ0n) is 16.1. The standard InChI is InChI=1S/C20H23N3O5S/c1-15-13-16(9-10-18(15)23(25)26)20(24)21-14-17-7-3-4-8-19(17)29(27,28)22-11-5-2-6-12-22/h3-4,7-10,13H,2,5-6,11-12,14H2,1H3,(H,21,24). The number of amides is 1. The Morgan fingerprint density at radius 1 is 1.14 bits per heavy atom. The van der Waals surface area contributed by atoms with E-state index < -0.39 is 20.9 Å². The number of nitro groups is 1. The molecule has 1 fully saturated rings. The number of rotatable bonds is 6. The van der Waals surface area contributed by atoms with Crippen molar-refractivity contribution < 1.29 is 18.1 Å². The van der Waals surface area contributed by atoms with E-state index in [4.69, 9.17) is 0 Å². The second kappa shape index (κ2) is 8.71. The van der Waals surface area contributed by atoms with E-state index in [1.54, 1.807) is 31.2 Å². The highest BCUT2D eigenvalue weighted by Crippen LogP contribution is 2.24. The van der Waals surface area contributed by atoms with E-state index in [-0.39, 0.29) is 22.7 Å². The van der Waals surface area contributed by atoms with Crippen LogP contribution in [0.4, 0.5) is 5.69 Å². The lowest BCUT2D eigenvalue weighted by Gasteiger charge is -2.26. The molecule has 1 N–H and O–H groups in total. The van der Waals surface area contributed by atoms with E-state index >= 15 is 0 Å². The van der Waals surface area contributed by atoms with Gasteiger partial charge < -0.3 is 5.32 Å². The van der Waals surface area contributed by atoms with Crippen molar-refractivity contribution in [1.82, 2.24) is 9.62 Å². The average molecular weight is 417 g/mol. The fraction of sp³-hybridized carbons (Fsp3) is 0.350. The quantitative estimate of drug-likeness (QED) is 0.574. The summed E-state index contributed by atoms with van der Waals surface area (Å²) in [7, 11) is -3.62. The Bertz CT molecular complexity index is 1030. The monoisotopic (exact) mass is 417 g/mol. The van der Waals surface area contributed by atoms with Crippen molar-refractivity contribution in [1.29, 1.82) is 0 Å². The number of carbonyl (C=O) groups excluding carboxylic acids is 1. The predicted molar refractivity (Wildman–Crippen MR) is 108 cm³/mol. The normalized spacial score (nSPS) is 15.1. The molecule has 1 heterocycles.